The van der Waals surface area contributed by atoms with Crippen molar-refractivity contribution >= 4 is 11.9 Å². The second kappa shape index (κ2) is 7.50. The summed E-state index contributed by atoms with van der Waals surface area (Å²) < 4.78 is 0. The van der Waals surface area contributed by atoms with Crippen molar-refractivity contribution < 1.29 is 25.1 Å². The number of carboxylic acid groups (broad SMARTS) is 1. The van der Waals surface area contributed by atoms with E-state index in [4.69, 9.17) is 10.8 Å². The summed E-state index contributed by atoms with van der Waals surface area (Å²) in [7, 11) is 0. The first-order chi connectivity index (χ1) is 9.02. The zero-order valence-electron chi connectivity index (χ0n) is 10.5. The molecule has 104 valence electrons. The maximum atomic E-state index is 10.4. The minimum Gasteiger partial charge on any atom is -0.547 e. The van der Waals surface area contributed by atoms with Gasteiger partial charge < -0.3 is 26.1 Å². The van der Waals surface area contributed by atoms with E-state index < -0.39 is 12.1 Å². The molecule has 0 saturated carbocycles. The summed E-state index contributed by atoms with van der Waals surface area (Å²) >= 11 is 0. The largest absolute Gasteiger partial charge is 0.547 e. The van der Waals surface area contributed by atoms with Crippen LogP contribution in [0.2, 0.25) is 0 Å². The predicted octanol–water partition coefficient (Wildman–Crippen LogP) is -2.33. The Bertz CT molecular complexity index is 416. The molecule has 1 aromatic carbocycles. The number of primary amides is 1. The van der Waals surface area contributed by atoms with Crippen molar-refractivity contribution in [2.45, 2.75) is 25.0 Å². The third kappa shape index (κ3) is 5.07. The topological polar surface area (TPSA) is 120 Å². The van der Waals surface area contributed by atoms with Gasteiger partial charge in [-0.15, -0.1) is 0 Å². The van der Waals surface area contributed by atoms with Crippen molar-refractivity contribution in [3.63, 3.8) is 0 Å². The molecule has 0 aromatic heterocycles. The van der Waals surface area contributed by atoms with Crippen molar-refractivity contribution in [2.24, 2.45) is 5.73 Å². The van der Waals surface area contributed by atoms with Gasteiger partial charge in [0.1, 0.15) is 6.10 Å². The van der Waals surface area contributed by atoms with Gasteiger partial charge in [-0.05, 0) is 5.56 Å². The van der Waals surface area contributed by atoms with Crippen LogP contribution in [0.1, 0.15) is 24.5 Å². The van der Waals surface area contributed by atoms with Crippen molar-refractivity contribution in [1.82, 2.24) is 0 Å². The number of carbonyl (C=O) groups is 2. The van der Waals surface area contributed by atoms with Gasteiger partial charge in [-0.1, -0.05) is 30.3 Å². The molecule has 1 saturated heterocycles. The Labute approximate surface area is 111 Å². The number of aliphatic hydroxyl groups is 1. The van der Waals surface area contributed by atoms with E-state index in [9.17, 15) is 14.7 Å². The molecule has 2 rings (SSSR count). The normalized spacial score (nSPS) is 19.1. The average Bonchev–Trinajstić information content (AvgIpc) is 2.93. The second-order valence-electron chi connectivity index (χ2n) is 4.31. The molecular formula is C13H18N2O4. The third-order valence-electron chi connectivity index (χ3n) is 2.87. The van der Waals surface area contributed by atoms with Gasteiger partial charge >= 0.3 is 0 Å². The number of amides is 1. The van der Waals surface area contributed by atoms with Crippen LogP contribution in [0.15, 0.2) is 30.3 Å². The molecule has 1 amide bonds. The average molecular weight is 266 g/mol. The Morgan fingerprint density at radius 2 is 2.00 bits per heavy atom. The molecule has 2 atom stereocenters. The molecule has 1 aliphatic heterocycles. The van der Waals surface area contributed by atoms with Gasteiger partial charge in [0.2, 0.25) is 0 Å². The minimum absolute atomic E-state index is 0.0787. The predicted molar refractivity (Wildman–Crippen MR) is 65.4 cm³/mol. The minimum atomic E-state index is -1.52. The smallest absolute Gasteiger partial charge is 0.275 e. The lowest BCUT2D eigenvalue weighted by Crippen LogP contribution is -2.89. The van der Waals surface area contributed by atoms with Gasteiger partial charge in [0.15, 0.2) is 6.04 Å². The summed E-state index contributed by atoms with van der Waals surface area (Å²) in [5.74, 6) is -1.64. The highest BCUT2D eigenvalue weighted by Gasteiger charge is 2.22. The Morgan fingerprint density at radius 3 is 2.37 bits per heavy atom. The van der Waals surface area contributed by atoms with Crippen LogP contribution >= 0.6 is 0 Å². The molecule has 0 spiro atoms. The molecular weight excluding hydrogens is 248 g/mol. The van der Waals surface area contributed by atoms with Crippen LogP contribution in [0.5, 0.6) is 0 Å². The van der Waals surface area contributed by atoms with Gasteiger partial charge in [-0.2, -0.15) is 0 Å². The molecule has 0 radical (unpaired) electrons. The zero-order chi connectivity index (χ0) is 14.3. The van der Waals surface area contributed by atoms with Crippen molar-refractivity contribution in [2.75, 3.05) is 6.54 Å². The van der Waals surface area contributed by atoms with E-state index in [2.05, 4.69) is 0 Å². The van der Waals surface area contributed by atoms with Crippen LogP contribution in [0.25, 0.3) is 0 Å². The van der Waals surface area contributed by atoms with Crippen molar-refractivity contribution in [3.05, 3.63) is 35.9 Å². The molecule has 6 nitrogen and oxygen atoms in total. The number of quaternary nitrogens is 1. The van der Waals surface area contributed by atoms with Crippen LogP contribution in [0.3, 0.4) is 0 Å². The summed E-state index contributed by atoms with van der Waals surface area (Å²) in [4.78, 5) is 20.5. The molecule has 1 fully saturated rings. The lowest BCUT2D eigenvalue weighted by atomic mass is 10.1. The van der Waals surface area contributed by atoms with E-state index in [-0.39, 0.29) is 11.9 Å². The number of carboxylic acids is 1. The van der Waals surface area contributed by atoms with E-state index in [1.807, 2.05) is 5.32 Å². The number of aliphatic carboxylic acids is 1. The van der Waals surface area contributed by atoms with Crippen molar-refractivity contribution in [1.29, 1.82) is 0 Å². The number of rotatable bonds is 3. The number of hydrogen-bond donors (Lipinski definition) is 3. The molecule has 1 heterocycles. The zero-order valence-corrected chi connectivity index (χ0v) is 10.5. The summed E-state index contributed by atoms with van der Waals surface area (Å²) in [6.07, 6.45) is 0.583. The summed E-state index contributed by atoms with van der Waals surface area (Å²) in [5, 5.41) is 21.1. The lowest BCUT2D eigenvalue weighted by Gasteiger charge is -2.10. The van der Waals surface area contributed by atoms with Crippen molar-refractivity contribution in [3.8, 4) is 0 Å². The number of carbonyl (C=O) groups excluding carboxylic acids is 2. The van der Waals surface area contributed by atoms with Gasteiger partial charge in [-0.25, -0.2) is 0 Å². The van der Waals surface area contributed by atoms with E-state index >= 15 is 0 Å². The highest BCUT2D eigenvalue weighted by molar-refractivity contribution is 5.78. The Kier molecular flexibility index (Phi) is 5.98. The van der Waals surface area contributed by atoms with Gasteiger partial charge in [-0.3, -0.25) is 4.79 Å². The molecule has 5 N–H and O–H groups in total. The number of benzene rings is 1. The third-order valence-corrected chi connectivity index (χ3v) is 2.87. The first kappa shape index (κ1) is 15.1. The van der Waals surface area contributed by atoms with Gasteiger partial charge in [0, 0.05) is 12.8 Å². The first-order valence-electron chi connectivity index (χ1n) is 6.09. The molecule has 0 unspecified atom stereocenters. The summed E-state index contributed by atoms with van der Waals surface area (Å²) in [6.45, 7) is 1.06. The fourth-order valence-electron chi connectivity index (χ4n) is 1.80. The SMILES string of the molecule is NC(=O)[C@H]1CCC[NH2+]1.O=C([O-])[C@@H](O)c1ccccc1. The quantitative estimate of drug-likeness (QED) is 0.568. The number of aliphatic hydroxyl groups excluding tert-OH is 1. The molecule has 0 bridgehead atoms. The molecule has 0 aliphatic carbocycles. The van der Waals surface area contributed by atoms with E-state index in [1.54, 1.807) is 18.2 Å². The maximum absolute atomic E-state index is 10.4. The van der Waals surface area contributed by atoms with Gasteiger partial charge in [0.25, 0.3) is 5.91 Å². The Hall–Kier alpha value is -1.92. The summed E-state index contributed by atoms with van der Waals surface area (Å²) in [5.41, 5.74) is 5.37. The van der Waals surface area contributed by atoms with E-state index in [0.29, 0.717) is 5.56 Å². The van der Waals surface area contributed by atoms with Crippen LogP contribution in [-0.4, -0.2) is 29.6 Å². The molecule has 1 aromatic rings. The standard InChI is InChI=1S/C8H8O3.C5H10N2O/c9-7(8(10)11)6-4-2-1-3-5-6;6-5(8)4-2-1-3-7-4/h1-5,7,9H,(H,10,11);4,7H,1-3H2,(H2,6,8)/t7-;4-/m01/s1. The van der Waals surface area contributed by atoms with Crippen LogP contribution in [-0.2, 0) is 9.59 Å². The van der Waals surface area contributed by atoms with Crippen LogP contribution in [0, 0.1) is 0 Å². The molecule has 19 heavy (non-hydrogen) atoms. The fraction of sp³-hybridized carbons (Fsp3) is 0.385. The van der Waals surface area contributed by atoms with Crippen LogP contribution in [0.4, 0.5) is 0 Å². The number of nitrogens with two attached hydrogens (primary N) is 2. The lowest BCUT2D eigenvalue weighted by molar-refractivity contribution is -0.657. The highest BCUT2D eigenvalue weighted by atomic mass is 16.4. The second-order valence-corrected chi connectivity index (χ2v) is 4.31. The highest BCUT2D eigenvalue weighted by Crippen LogP contribution is 2.09. The van der Waals surface area contributed by atoms with Gasteiger partial charge in [0.05, 0.1) is 12.5 Å². The Morgan fingerprint density at radius 1 is 1.37 bits per heavy atom. The van der Waals surface area contributed by atoms with E-state index in [1.165, 1.54) is 12.1 Å². The maximum Gasteiger partial charge on any atom is 0.275 e. The Balaban J connectivity index is 0.000000200. The van der Waals surface area contributed by atoms with E-state index in [0.717, 1.165) is 19.4 Å². The fourth-order valence-corrected chi connectivity index (χ4v) is 1.80. The first-order valence-corrected chi connectivity index (χ1v) is 6.09. The number of hydrogen-bond acceptors (Lipinski definition) is 4. The molecule has 1 aliphatic rings. The monoisotopic (exact) mass is 266 g/mol. The van der Waals surface area contributed by atoms with Crippen LogP contribution < -0.4 is 16.2 Å². The molecule has 6 heteroatoms. The summed E-state index contributed by atoms with van der Waals surface area (Å²) in [6, 6.07) is 8.19.